The Morgan fingerprint density at radius 3 is 2.41 bits per heavy atom. The molecule has 1 aliphatic rings. The summed E-state index contributed by atoms with van der Waals surface area (Å²) in [6.45, 7) is 0. The smallest absolute Gasteiger partial charge is 0.269 e. The van der Waals surface area contributed by atoms with Crippen LogP contribution < -0.4 is 10.1 Å². The highest BCUT2D eigenvalue weighted by Gasteiger charge is 2.31. The van der Waals surface area contributed by atoms with Gasteiger partial charge >= 0.3 is 0 Å². The summed E-state index contributed by atoms with van der Waals surface area (Å²) < 4.78 is 6.28. The Kier molecular flexibility index (Phi) is 4.22. The maximum atomic E-state index is 11.2. The van der Waals surface area contributed by atoms with Crippen LogP contribution in [0.2, 0.25) is 0 Å². The van der Waals surface area contributed by atoms with Gasteiger partial charge in [-0.05, 0) is 22.4 Å². The molecule has 5 nitrogen and oxygen atoms in total. The van der Waals surface area contributed by atoms with Crippen LogP contribution >= 0.6 is 0 Å². The fraction of sp³-hybridized carbons (Fsp3) is 0.0833. The fourth-order valence-corrected chi connectivity index (χ4v) is 3.95. The molecule has 0 aromatic heterocycles. The number of fused-ring (bicyclic) bond motifs is 3. The zero-order chi connectivity index (χ0) is 19.8. The predicted molar refractivity (Wildman–Crippen MR) is 112 cm³/mol. The summed E-state index contributed by atoms with van der Waals surface area (Å²) in [5.74, 6) is 0.785. The number of nitro groups is 1. The van der Waals surface area contributed by atoms with Crippen LogP contribution in [0.4, 0.5) is 5.69 Å². The second-order valence-corrected chi connectivity index (χ2v) is 7.06. The van der Waals surface area contributed by atoms with E-state index < -0.39 is 6.23 Å². The summed E-state index contributed by atoms with van der Waals surface area (Å²) in [5, 5.41) is 17.0. The van der Waals surface area contributed by atoms with Gasteiger partial charge < -0.3 is 4.74 Å². The maximum absolute atomic E-state index is 11.2. The van der Waals surface area contributed by atoms with Crippen LogP contribution in [0.1, 0.15) is 29.0 Å². The number of nitrogens with one attached hydrogen (secondary N) is 1. The lowest BCUT2D eigenvalue weighted by Gasteiger charge is -2.35. The zero-order valence-electron chi connectivity index (χ0n) is 15.5. The molecule has 142 valence electrons. The molecule has 0 amide bonds. The van der Waals surface area contributed by atoms with E-state index in [2.05, 4.69) is 29.6 Å². The van der Waals surface area contributed by atoms with E-state index in [1.807, 2.05) is 48.5 Å². The van der Waals surface area contributed by atoms with E-state index in [1.165, 1.54) is 6.07 Å². The lowest BCUT2D eigenvalue weighted by atomic mass is 9.91. The van der Waals surface area contributed by atoms with Gasteiger partial charge in [0.2, 0.25) is 0 Å². The maximum Gasteiger partial charge on any atom is 0.269 e. The first-order valence-corrected chi connectivity index (χ1v) is 9.44. The molecule has 0 saturated heterocycles. The molecule has 0 saturated carbocycles. The molecule has 0 fully saturated rings. The Bertz CT molecular complexity index is 1210. The van der Waals surface area contributed by atoms with Crippen molar-refractivity contribution in [1.82, 2.24) is 5.32 Å². The molecular formula is C24H18N2O3. The second kappa shape index (κ2) is 7.04. The van der Waals surface area contributed by atoms with Gasteiger partial charge in [0.25, 0.3) is 5.69 Å². The molecule has 2 atom stereocenters. The van der Waals surface area contributed by atoms with Crippen molar-refractivity contribution in [2.24, 2.45) is 0 Å². The van der Waals surface area contributed by atoms with Crippen molar-refractivity contribution in [3.8, 4) is 5.75 Å². The fourth-order valence-electron chi connectivity index (χ4n) is 3.95. The largest absolute Gasteiger partial charge is 0.471 e. The van der Waals surface area contributed by atoms with Gasteiger partial charge in [-0.15, -0.1) is 0 Å². The monoisotopic (exact) mass is 382 g/mol. The first-order chi connectivity index (χ1) is 14.2. The van der Waals surface area contributed by atoms with Crippen molar-refractivity contribution in [3.63, 3.8) is 0 Å². The molecule has 2 unspecified atom stereocenters. The Morgan fingerprint density at radius 2 is 1.59 bits per heavy atom. The van der Waals surface area contributed by atoms with Gasteiger partial charge in [-0.2, -0.15) is 0 Å². The Balaban J connectivity index is 1.66. The molecule has 5 rings (SSSR count). The predicted octanol–water partition coefficient (Wildman–Crippen LogP) is 5.52. The van der Waals surface area contributed by atoms with Gasteiger partial charge in [0, 0.05) is 23.3 Å². The van der Waals surface area contributed by atoms with Crippen molar-refractivity contribution in [1.29, 1.82) is 0 Å². The molecule has 0 radical (unpaired) electrons. The van der Waals surface area contributed by atoms with Crippen molar-refractivity contribution in [2.45, 2.75) is 12.3 Å². The first-order valence-electron chi connectivity index (χ1n) is 9.44. The highest BCUT2D eigenvalue weighted by molar-refractivity contribution is 5.89. The summed E-state index contributed by atoms with van der Waals surface area (Å²) in [6.07, 6.45) is -0.492. The number of nitrogens with zero attached hydrogens (tertiary/aromatic N) is 1. The molecule has 1 aliphatic heterocycles. The van der Waals surface area contributed by atoms with E-state index in [0.717, 1.165) is 33.2 Å². The van der Waals surface area contributed by atoms with Crippen LogP contribution in [0.25, 0.3) is 10.8 Å². The van der Waals surface area contributed by atoms with Crippen molar-refractivity contribution in [3.05, 3.63) is 118 Å². The van der Waals surface area contributed by atoms with Crippen molar-refractivity contribution < 1.29 is 9.66 Å². The van der Waals surface area contributed by atoms with Gasteiger partial charge in [0.1, 0.15) is 5.75 Å². The molecule has 1 N–H and O–H groups in total. The number of hydrogen-bond acceptors (Lipinski definition) is 4. The Morgan fingerprint density at radius 1 is 0.828 bits per heavy atom. The van der Waals surface area contributed by atoms with Crippen molar-refractivity contribution >= 4 is 16.5 Å². The Labute approximate surface area is 167 Å². The molecular weight excluding hydrogens is 364 g/mol. The van der Waals surface area contributed by atoms with Crippen LogP contribution in [0, 0.1) is 10.1 Å². The molecule has 0 spiro atoms. The third kappa shape index (κ3) is 3.11. The quantitative estimate of drug-likeness (QED) is 0.374. The molecule has 4 aromatic carbocycles. The summed E-state index contributed by atoms with van der Waals surface area (Å²) in [5.41, 5.74) is 2.97. The minimum atomic E-state index is -0.492. The molecule has 1 heterocycles. The molecule has 4 aromatic rings. The molecule has 0 bridgehead atoms. The van der Waals surface area contributed by atoms with Gasteiger partial charge in [-0.3, -0.25) is 15.4 Å². The van der Waals surface area contributed by atoms with Gasteiger partial charge in [-0.1, -0.05) is 72.8 Å². The van der Waals surface area contributed by atoms with Crippen LogP contribution in [-0.2, 0) is 0 Å². The topological polar surface area (TPSA) is 64.4 Å². The molecule has 0 aliphatic carbocycles. The molecule has 5 heteroatoms. The number of benzene rings is 4. The number of rotatable bonds is 3. The van der Waals surface area contributed by atoms with Crippen LogP contribution in [-0.4, -0.2) is 4.92 Å². The first kappa shape index (κ1) is 17.4. The summed E-state index contributed by atoms with van der Waals surface area (Å²) in [4.78, 5) is 10.8. The third-order valence-corrected chi connectivity index (χ3v) is 5.30. The highest BCUT2D eigenvalue weighted by atomic mass is 16.6. The number of hydrogen-bond donors (Lipinski definition) is 1. The van der Waals surface area contributed by atoms with E-state index in [4.69, 9.17) is 4.74 Å². The van der Waals surface area contributed by atoms with E-state index in [-0.39, 0.29) is 16.7 Å². The van der Waals surface area contributed by atoms with Crippen LogP contribution in [0.3, 0.4) is 0 Å². The minimum absolute atomic E-state index is 0.0495. The number of nitro benzene ring substituents is 1. The van der Waals surface area contributed by atoms with Gasteiger partial charge in [0.05, 0.1) is 11.0 Å². The summed E-state index contributed by atoms with van der Waals surface area (Å²) >= 11 is 0. The van der Waals surface area contributed by atoms with E-state index in [9.17, 15) is 10.1 Å². The normalized spacial score (nSPS) is 18.1. The lowest BCUT2D eigenvalue weighted by Crippen LogP contribution is -2.35. The zero-order valence-corrected chi connectivity index (χ0v) is 15.5. The van der Waals surface area contributed by atoms with E-state index in [1.54, 1.807) is 12.1 Å². The summed E-state index contributed by atoms with van der Waals surface area (Å²) in [7, 11) is 0. The average Bonchev–Trinajstić information content (AvgIpc) is 2.78. The third-order valence-electron chi connectivity index (χ3n) is 5.30. The SMILES string of the molecule is O=[N+]([O-])c1cccc(C2NC(c3ccccc3)c3c(ccc4ccccc34)O2)c1. The lowest BCUT2D eigenvalue weighted by molar-refractivity contribution is -0.385. The average molecular weight is 382 g/mol. The second-order valence-electron chi connectivity index (χ2n) is 7.06. The highest BCUT2D eigenvalue weighted by Crippen LogP contribution is 2.42. The number of non-ortho nitro benzene ring substituents is 1. The van der Waals surface area contributed by atoms with Crippen molar-refractivity contribution in [2.75, 3.05) is 0 Å². The van der Waals surface area contributed by atoms with E-state index in [0.29, 0.717) is 0 Å². The van der Waals surface area contributed by atoms with E-state index >= 15 is 0 Å². The van der Waals surface area contributed by atoms with Gasteiger partial charge in [0.15, 0.2) is 6.23 Å². The minimum Gasteiger partial charge on any atom is -0.471 e. The standard InChI is InChI=1S/C24H18N2O3/c27-26(28)19-11-6-10-18(15-19)24-25-23(17-8-2-1-3-9-17)22-20-12-5-4-7-16(20)13-14-21(22)29-24/h1-15,23-25H. The summed E-state index contributed by atoms with van der Waals surface area (Å²) in [6, 6.07) is 28.9. The van der Waals surface area contributed by atoms with Crippen LogP contribution in [0.15, 0.2) is 91.0 Å². The van der Waals surface area contributed by atoms with Gasteiger partial charge in [-0.25, -0.2) is 0 Å². The molecule has 29 heavy (non-hydrogen) atoms. The number of ether oxygens (including phenoxy) is 1. The van der Waals surface area contributed by atoms with Crippen LogP contribution in [0.5, 0.6) is 5.75 Å². The Hall–Kier alpha value is -3.70.